The fourth-order valence-corrected chi connectivity index (χ4v) is 6.02. The van der Waals surface area contributed by atoms with E-state index in [1.807, 2.05) is 91.0 Å². The molecule has 0 unspecified atom stereocenters. The van der Waals surface area contributed by atoms with E-state index in [1.54, 1.807) is 4.90 Å². The summed E-state index contributed by atoms with van der Waals surface area (Å²) in [6.45, 7) is 0.254. The van der Waals surface area contributed by atoms with Crippen molar-refractivity contribution in [3.8, 4) is 0 Å². The Kier molecular flexibility index (Phi) is 9.87. The predicted molar refractivity (Wildman–Crippen MR) is 166 cm³/mol. The van der Waals surface area contributed by atoms with E-state index in [2.05, 4.69) is 29.6 Å². The summed E-state index contributed by atoms with van der Waals surface area (Å²) >= 11 is 6.61. The standard InChI is InChI=1S/C36H37ClN2O2/c37-33-23-13-10-20-30(33)26-39(34(24-27-14-4-1-5-15-27)36(41)38-31-21-11-12-22-31)35(40)25-32(28-16-6-2-7-17-28)29-18-8-3-9-19-29/h1-10,13-20,23,31-32,34H,11-12,21-22,24-26H2,(H,38,41)/t34-/m1/s1. The highest BCUT2D eigenvalue weighted by molar-refractivity contribution is 6.31. The van der Waals surface area contributed by atoms with Gasteiger partial charge >= 0.3 is 0 Å². The minimum atomic E-state index is -0.672. The van der Waals surface area contributed by atoms with Gasteiger partial charge in [0.25, 0.3) is 0 Å². The molecule has 5 rings (SSSR count). The molecule has 0 radical (unpaired) electrons. The van der Waals surface area contributed by atoms with Gasteiger partial charge in [0.05, 0.1) is 0 Å². The molecule has 1 saturated carbocycles. The average molecular weight is 565 g/mol. The van der Waals surface area contributed by atoms with Crippen molar-refractivity contribution in [2.45, 2.75) is 63.1 Å². The first-order valence-electron chi connectivity index (χ1n) is 14.6. The first-order valence-corrected chi connectivity index (χ1v) is 14.9. The number of amides is 2. The van der Waals surface area contributed by atoms with Crippen molar-refractivity contribution >= 4 is 23.4 Å². The van der Waals surface area contributed by atoms with Gasteiger partial charge in [0.15, 0.2) is 0 Å². The highest BCUT2D eigenvalue weighted by Gasteiger charge is 2.34. The summed E-state index contributed by atoms with van der Waals surface area (Å²) in [6, 6.07) is 37.3. The summed E-state index contributed by atoms with van der Waals surface area (Å²) in [5.41, 5.74) is 3.98. The molecule has 0 aromatic heterocycles. The van der Waals surface area contributed by atoms with Crippen LogP contribution in [0.25, 0.3) is 0 Å². The van der Waals surface area contributed by atoms with Crippen molar-refractivity contribution in [1.29, 1.82) is 0 Å². The Morgan fingerprint density at radius 3 is 1.88 bits per heavy atom. The molecule has 1 fully saturated rings. The van der Waals surface area contributed by atoms with Gasteiger partial charge < -0.3 is 10.2 Å². The normalized spacial score (nSPS) is 14.1. The first kappa shape index (κ1) is 28.6. The molecule has 0 heterocycles. The van der Waals surface area contributed by atoms with Gasteiger partial charge in [-0.3, -0.25) is 9.59 Å². The topological polar surface area (TPSA) is 49.4 Å². The lowest BCUT2D eigenvalue weighted by Gasteiger charge is -2.34. The number of carbonyl (C=O) groups is 2. The molecule has 2 amide bonds. The number of carbonyl (C=O) groups excluding carboxylic acids is 2. The molecule has 4 aromatic rings. The molecular weight excluding hydrogens is 528 g/mol. The largest absolute Gasteiger partial charge is 0.352 e. The van der Waals surface area contributed by atoms with Crippen molar-refractivity contribution in [2.24, 2.45) is 0 Å². The molecule has 4 nitrogen and oxygen atoms in total. The number of nitrogens with zero attached hydrogens (tertiary/aromatic N) is 1. The molecular formula is C36H37ClN2O2. The molecule has 0 bridgehead atoms. The van der Waals surface area contributed by atoms with Crippen LogP contribution in [-0.2, 0) is 22.6 Å². The van der Waals surface area contributed by atoms with Crippen LogP contribution in [0.5, 0.6) is 0 Å². The molecule has 1 N–H and O–H groups in total. The Bertz CT molecular complexity index is 1370. The maximum atomic E-state index is 14.5. The minimum Gasteiger partial charge on any atom is -0.352 e. The van der Waals surface area contributed by atoms with E-state index >= 15 is 0 Å². The quantitative estimate of drug-likeness (QED) is 0.204. The fraction of sp³-hybridized carbons (Fsp3) is 0.278. The van der Waals surface area contributed by atoms with Gasteiger partial charge in [-0.05, 0) is 41.2 Å². The van der Waals surface area contributed by atoms with Crippen molar-refractivity contribution < 1.29 is 9.59 Å². The SMILES string of the molecule is O=C(NC1CCCC1)[C@@H](Cc1ccccc1)N(Cc1ccccc1Cl)C(=O)CC(c1ccccc1)c1ccccc1. The van der Waals surface area contributed by atoms with Crippen molar-refractivity contribution in [3.63, 3.8) is 0 Å². The average Bonchev–Trinajstić information content (AvgIpc) is 3.53. The highest BCUT2D eigenvalue weighted by atomic mass is 35.5. The van der Waals surface area contributed by atoms with Crippen molar-refractivity contribution in [1.82, 2.24) is 10.2 Å². The highest BCUT2D eigenvalue weighted by Crippen LogP contribution is 2.30. The Morgan fingerprint density at radius 2 is 1.29 bits per heavy atom. The number of halogens is 1. The first-order chi connectivity index (χ1) is 20.1. The number of rotatable bonds is 11. The summed E-state index contributed by atoms with van der Waals surface area (Å²) < 4.78 is 0. The van der Waals surface area contributed by atoms with Gasteiger partial charge in [-0.2, -0.15) is 0 Å². The maximum absolute atomic E-state index is 14.5. The van der Waals surface area contributed by atoms with Crippen LogP contribution in [-0.4, -0.2) is 28.8 Å². The zero-order chi connectivity index (χ0) is 28.4. The van der Waals surface area contributed by atoms with Crippen LogP contribution in [0.2, 0.25) is 5.02 Å². The van der Waals surface area contributed by atoms with E-state index in [1.165, 1.54) is 0 Å². The van der Waals surface area contributed by atoms with Gasteiger partial charge in [0.2, 0.25) is 11.8 Å². The van der Waals surface area contributed by atoms with E-state index in [0.29, 0.717) is 11.4 Å². The molecule has 4 aromatic carbocycles. The summed E-state index contributed by atoms with van der Waals surface area (Å²) in [5, 5.41) is 3.87. The zero-order valence-corrected chi connectivity index (χ0v) is 24.0. The summed E-state index contributed by atoms with van der Waals surface area (Å²) in [6.07, 6.45) is 4.86. The lowest BCUT2D eigenvalue weighted by molar-refractivity contribution is -0.141. The second-order valence-corrected chi connectivity index (χ2v) is 11.3. The van der Waals surface area contributed by atoms with Gasteiger partial charge in [-0.25, -0.2) is 0 Å². The third kappa shape index (κ3) is 7.65. The number of benzene rings is 4. The zero-order valence-electron chi connectivity index (χ0n) is 23.3. The Morgan fingerprint density at radius 1 is 0.756 bits per heavy atom. The van der Waals surface area contributed by atoms with Gasteiger partial charge in [-0.1, -0.05) is 134 Å². The molecule has 0 saturated heterocycles. The fourth-order valence-electron chi connectivity index (χ4n) is 5.82. The van der Waals surface area contributed by atoms with Crippen LogP contribution in [0.3, 0.4) is 0 Å². The Labute approximate surface area is 248 Å². The molecule has 0 aliphatic heterocycles. The smallest absolute Gasteiger partial charge is 0.243 e. The van der Waals surface area contributed by atoms with E-state index in [9.17, 15) is 9.59 Å². The lowest BCUT2D eigenvalue weighted by Crippen LogP contribution is -2.52. The van der Waals surface area contributed by atoms with Crippen LogP contribution >= 0.6 is 11.6 Å². The third-order valence-electron chi connectivity index (χ3n) is 8.05. The maximum Gasteiger partial charge on any atom is 0.243 e. The molecule has 0 spiro atoms. The summed E-state index contributed by atoms with van der Waals surface area (Å²) in [5.74, 6) is -0.323. The molecule has 210 valence electrons. The van der Waals surface area contributed by atoms with Crippen molar-refractivity contribution in [3.05, 3.63) is 143 Å². The van der Waals surface area contributed by atoms with Gasteiger partial charge in [-0.15, -0.1) is 0 Å². The second-order valence-electron chi connectivity index (χ2n) is 10.9. The monoisotopic (exact) mass is 564 g/mol. The van der Waals surface area contributed by atoms with E-state index in [-0.39, 0.29) is 36.7 Å². The van der Waals surface area contributed by atoms with Crippen LogP contribution < -0.4 is 5.32 Å². The number of nitrogens with one attached hydrogen (secondary N) is 1. The molecule has 41 heavy (non-hydrogen) atoms. The summed E-state index contributed by atoms with van der Waals surface area (Å²) in [7, 11) is 0. The lowest BCUT2D eigenvalue weighted by atomic mass is 9.87. The van der Waals surface area contributed by atoms with Crippen molar-refractivity contribution in [2.75, 3.05) is 0 Å². The second kappa shape index (κ2) is 14.1. The Balaban J connectivity index is 1.52. The van der Waals surface area contributed by atoms with Crippen LogP contribution in [0.15, 0.2) is 115 Å². The van der Waals surface area contributed by atoms with E-state index in [0.717, 1.165) is 47.9 Å². The molecule has 5 heteroatoms. The number of hydrogen-bond donors (Lipinski definition) is 1. The van der Waals surface area contributed by atoms with Crippen LogP contribution in [0, 0.1) is 0 Å². The predicted octanol–water partition coefficient (Wildman–Crippen LogP) is 7.56. The third-order valence-corrected chi connectivity index (χ3v) is 8.42. The van der Waals surface area contributed by atoms with E-state index < -0.39 is 6.04 Å². The summed E-state index contributed by atoms with van der Waals surface area (Å²) in [4.78, 5) is 30.3. The number of hydrogen-bond acceptors (Lipinski definition) is 2. The van der Waals surface area contributed by atoms with Gasteiger partial charge in [0.1, 0.15) is 6.04 Å². The van der Waals surface area contributed by atoms with E-state index in [4.69, 9.17) is 11.6 Å². The van der Waals surface area contributed by atoms with Crippen LogP contribution in [0.4, 0.5) is 0 Å². The molecule has 1 aliphatic carbocycles. The Hall–Kier alpha value is -3.89. The van der Waals surface area contributed by atoms with Gasteiger partial charge in [0, 0.05) is 36.4 Å². The minimum absolute atomic E-state index is 0.0786. The van der Waals surface area contributed by atoms with Crippen LogP contribution in [0.1, 0.15) is 60.3 Å². The molecule has 1 aliphatic rings. The molecule has 1 atom stereocenters.